The van der Waals surface area contributed by atoms with Crippen molar-refractivity contribution in [2.24, 2.45) is 0 Å². The molecule has 0 fully saturated rings. The first kappa shape index (κ1) is 46.0. The maximum atomic E-state index is 15.0. The van der Waals surface area contributed by atoms with Gasteiger partial charge in [-0.15, -0.1) is 0 Å². The summed E-state index contributed by atoms with van der Waals surface area (Å²) in [6.45, 7) is 26.5. The van der Waals surface area contributed by atoms with Crippen LogP contribution in [0.5, 0.6) is 0 Å². The van der Waals surface area contributed by atoms with E-state index in [0.717, 1.165) is 55.4 Å². The molecule has 7 heteroatoms. The van der Waals surface area contributed by atoms with Crippen LogP contribution < -0.4 is 0 Å². The lowest BCUT2D eigenvalue weighted by Crippen LogP contribution is -2.10. The van der Waals surface area contributed by atoms with Gasteiger partial charge < -0.3 is 9.13 Å². The fourth-order valence-electron chi connectivity index (χ4n) is 9.66. The van der Waals surface area contributed by atoms with Crippen LogP contribution in [0.3, 0.4) is 0 Å². The Hall–Kier alpha value is -7.09. The normalized spacial score (nSPS) is 12.9. The van der Waals surface area contributed by atoms with E-state index in [-0.39, 0.29) is 32.8 Å². The summed E-state index contributed by atoms with van der Waals surface area (Å²) in [5, 5.41) is 25.0. The quantitative estimate of drug-likeness (QED) is 0.177. The van der Waals surface area contributed by atoms with Gasteiger partial charge in [0, 0.05) is 38.4 Å². The van der Waals surface area contributed by atoms with Gasteiger partial charge in [-0.1, -0.05) is 119 Å². The van der Waals surface area contributed by atoms with Crippen molar-refractivity contribution in [2.75, 3.05) is 0 Å². The molecule has 0 bridgehead atoms. The monoisotopic (exact) mass is 902 g/mol. The molecule has 0 spiro atoms. The van der Waals surface area contributed by atoms with Crippen molar-refractivity contribution >= 4 is 43.6 Å². The third kappa shape index (κ3) is 7.92. The number of alkyl halides is 3. The number of nitrogens with zero attached hydrogens (tertiary/aromatic N) is 4. The van der Waals surface area contributed by atoms with Crippen LogP contribution in [0.1, 0.15) is 122 Å². The smallest absolute Gasteiger partial charge is 0.309 e. The molecule has 0 radical (unpaired) electrons. The van der Waals surface area contributed by atoms with E-state index in [1.165, 1.54) is 34.4 Å². The largest absolute Gasteiger partial charge is 0.417 e. The number of hydrogen-bond donors (Lipinski definition) is 0. The van der Waals surface area contributed by atoms with Crippen molar-refractivity contribution in [1.82, 2.24) is 9.13 Å². The predicted octanol–water partition coefficient (Wildman–Crippen LogP) is 17.2. The number of nitriles is 2. The molecule has 0 saturated heterocycles. The summed E-state index contributed by atoms with van der Waals surface area (Å²) in [4.78, 5) is 0. The maximum Gasteiger partial charge on any atom is 0.417 e. The molecule has 4 nitrogen and oxygen atoms in total. The van der Waals surface area contributed by atoms with Crippen LogP contribution in [0.4, 0.5) is 13.2 Å². The van der Waals surface area contributed by atoms with Crippen molar-refractivity contribution in [3.8, 4) is 45.8 Å². The summed E-state index contributed by atoms with van der Waals surface area (Å²) in [5.74, 6) is 0. The lowest BCUT2D eigenvalue weighted by atomic mass is 9.85. The average molecular weight is 903 g/mol. The molecule has 0 aliphatic carbocycles. The Morgan fingerprint density at radius 3 is 1.24 bits per heavy atom. The first-order valence-electron chi connectivity index (χ1n) is 23.3. The van der Waals surface area contributed by atoms with Gasteiger partial charge in [-0.25, -0.2) is 0 Å². The molecule has 2 aromatic heterocycles. The number of benzene rings is 7. The van der Waals surface area contributed by atoms with E-state index in [9.17, 15) is 23.7 Å². The van der Waals surface area contributed by atoms with Crippen LogP contribution in [0.15, 0.2) is 127 Å². The Bertz CT molecular complexity index is 3470. The van der Waals surface area contributed by atoms with Crippen molar-refractivity contribution in [3.63, 3.8) is 0 Å². The Balaban J connectivity index is 1.40. The zero-order valence-corrected chi connectivity index (χ0v) is 41.0. The number of halogens is 3. The summed E-state index contributed by atoms with van der Waals surface area (Å²) >= 11 is 0. The van der Waals surface area contributed by atoms with Crippen molar-refractivity contribution in [2.45, 2.75) is 111 Å². The Kier molecular flexibility index (Phi) is 10.7. The number of hydrogen-bond acceptors (Lipinski definition) is 2. The number of rotatable bonds is 4. The summed E-state index contributed by atoms with van der Waals surface area (Å²) < 4.78 is 49.3. The second-order valence-corrected chi connectivity index (χ2v) is 22.5. The third-order valence-corrected chi connectivity index (χ3v) is 13.7. The molecule has 0 aliphatic heterocycles. The molecule has 7 aromatic carbocycles. The fraction of sp³-hybridized carbons (Fsp3) is 0.279. The first-order valence-corrected chi connectivity index (χ1v) is 23.3. The minimum atomic E-state index is -4.74. The van der Waals surface area contributed by atoms with Crippen LogP contribution in [0.25, 0.3) is 77.2 Å². The van der Waals surface area contributed by atoms with Gasteiger partial charge in [-0.3, -0.25) is 0 Å². The summed E-state index contributed by atoms with van der Waals surface area (Å²) in [6, 6.07) is 45.7. The van der Waals surface area contributed by atoms with Crippen LogP contribution >= 0.6 is 0 Å². The first-order chi connectivity index (χ1) is 31.8. The van der Waals surface area contributed by atoms with E-state index in [1.807, 2.05) is 30.3 Å². The molecule has 0 atom stereocenters. The van der Waals surface area contributed by atoms with Gasteiger partial charge in [0.1, 0.15) is 0 Å². The Morgan fingerprint density at radius 1 is 0.397 bits per heavy atom. The average Bonchev–Trinajstić information content (AvgIpc) is 3.78. The Labute approximate surface area is 397 Å². The molecule has 68 heavy (non-hydrogen) atoms. The highest BCUT2D eigenvalue weighted by molar-refractivity contribution is 6.11. The molecule has 0 N–H and O–H groups in total. The number of aromatic nitrogens is 2. The molecule has 9 aromatic rings. The van der Waals surface area contributed by atoms with E-state index in [2.05, 4.69) is 171 Å². The van der Waals surface area contributed by atoms with Gasteiger partial charge >= 0.3 is 6.18 Å². The third-order valence-electron chi connectivity index (χ3n) is 13.7. The molecule has 9 rings (SSSR count). The van der Waals surface area contributed by atoms with Gasteiger partial charge in [-0.2, -0.15) is 23.7 Å². The van der Waals surface area contributed by atoms with Crippen molar-refractivity contribution < 1.29 is 13.2 Å². The summed E-state index contributed by atoms with van der Waals surface area (Å²) in [6.07, 6.45) is -4.74. The van der Waals surface area contributed by atoms with Crippen molar-refractivity contribution in [1.29, 1.82) is 10.5 Å². The molecule has 0 amide bonds. The van der Waals surface area contributed by atoms with E-state index in [0.29, 0.717) is 27.9 Å². The lowest BCUT2D eigenvalue weighted by molar-refractivity contribution is -0.137. The zero-order valence-electron chi connectivity index (χ0n) is 41.0. The van der Waals surface area contributed by atoms with Crippen LogP contribution in [0.2, 0.25) is 0 Å². The molecule has 0 saturated carbocycles. The minimum Gasteiger partial charge on any atom is -0.309 e. The zero-order chi connectivity index (χ0) is 49.0. The number of fused-ring (bicyclic) bond motifs is 6. The standard InChI is InChI=1S/C61H57F3N4/c1-57(2,3)39-16-23-52-47(29-39)48-30-40(58(4,5)6)17-24-53(48)67(52)43-20-14-38(35-66)45(33-43)46-28-37(44-21-13-36(34-65)27-51(44)61(62,63)64)15-22-54(46)68-55-25-18-41(59(7,8)9)31-49(55)50-32-42(60(10,11)12)19-26-56(50)68/h13-33H,1-12H3. The van der Waals surface area contributed by atoms with Crippen LogP contribution in [0, 0.1) is 22.7 Å². The molecule has 2 heterocycles. The van der Waals surface area contributed by atoms with Gasteiger partial charge in [0.15, 0.2) is 0 Å². The maximum absolute atomic E-state index is 15.0. The topological polar surface area (TPSA) is 57.4 Å². The summed E-state index contributed by atoms with van der Waals surface area (Å²) in [7, 11) is 0. The highest BCUT2D eigenvalue weighted by Crippen LogP contribution is 2.45. The second-order valence-electron chi connectivity index (χ2n) is 22.5. The van der Waals surface area contributed by atoms with E-state index < -0.39 is 11.7 Å². The SMILES string of the molecule is CC(C)(C)c1ccc2c(c1)c1cc(C(C)(C)C)ccc1n2-c1ccc(C#N)c(-c2cc(-c3ccc(C#N)cc3C(F)(F)F)ccc2-n2c3ccc(C(C)(C)C)cc3c3cc(C(C)(C)C)ccc32)c1. The van der Waals surface area contributed by atoms with Gasteiger partial charge in [0.05, 0.1) is 56.6 Å². The van der Waals surface area contributed by atoms with E-state index in [4.69, 9.17) is 0 Å². The van der Waals surface area contributed by atoms with E-state index >= 15 is 0 Å². The van der Waals surface area contributed by atoms with Crippen molar-refractivity contribution in [3.05, 3.63) is 166 Å². The van der Waals surface area contributed by atoms with Gasteiger partial charge in [-0.05, 0) is 146 Å². The van der Waals surface area contributed by atoms with Crippen LogP contribution in [-0.4, -0.2) is 9.13 Å². The molecular weight excluding hydrogens is 846 g/mol. The Morgan fingerprint density at radius 2 is 0.838 bits per heavy atom. The van der Waals surface area contributed by atoms with Gasteiger partial charge in [0.25, 0.3) is 0 Å². The second kappa shape index (κ2) is 15.7. The highest BCUT2D eigenvalue weighted by atomic mass is 19.4. The predicted molar refractivity (Wildman–Crippen MR) is 275 cm³/mol. The van der Waals surface area contributed by atoms with Gasteiger partial charge in [0.2, 0.25) is 0 Å². The summed E-state index contributed by atoms with van der Waals surface area (Å²) in [5.41, 5.74) is 10.5. The van der Waals surface area contributed by atoms with Crippen LogP contribution in [-0.2, 0) is 27.8 Å². The lowest BCUT2D eigenvalue weighted by Gasteiger charge is -2.21. The molecular formula is C61H57F3N4. The van der Waals surface area contributed by atoms with E-state index in [1.54, 1.807) is 12.1 Å². The highest BCUT2D eigenvalue weighted by Gasteiger charge is 2.35. The molecule has 0 aliphatic rings. The molecule has 0 unspecified atom stereocenters. The molecule has 342 valence electrons. The fourth-order valence-corrected chi connectivity index (χ4v) is 9.66. The minimum absolute atomic E-state index is 0.0578.